The molecule has 1 heterocycles. The van der Waals surface area contributed by atoms with Crippen molar-refractivity contribution < 1.29 is 9.90 Å². The molecule has 1 saturated heterocycles. The zero-order valence-electron chi connectivity index (χ0n) is 15.9. The number of guanidine groups is 1. The Morgan fingerprint density at radius 1 is 1.37 bits per heavy atom. The molecule has 27 heavy (non-hydrogen) atoms. The van der Waals surface area contributed by atoms with Crippen LogP contribution in [0.2, 0.25) is 5.02 Å². The maximum Gasteiger partial charge on any atom is 0.220 e. The van der Waals surface area contributed by atoms with E-state index in [0.29, 0.717) is 22.9 Å². The molecule has 1 aromatic rings. The zero-order valence-corrected chi connectivity index (χ0v) is 19.0. The topological polar surface area (TPSA) is 77.0 Å². The Labute approximate surface area is 183 Å². The molecular weight excluding hydrogens is 479 g/mol. The second-order valence-corrected chi connectivity index (χ2v) is 6.95. The van der Waals surface area contributed by atoms with Crippen LogP contribution in [0.3, 0.4) is 0 Å². The molecule has 0 spiro atoms. The number of amides is 1. The number of likely N-dealkylation sites (tertiary alicyclic amines) is 1. The fourth-order valence-electron chi connectivity index (χ4n) is 3.16. The standard InChI is InChI=1S/C19H29ClN4O2.HI/c1-3-22-19(23-13-17(25)15-6-4-5-7-16(15)20)24-10-8-14(9-11-24)12-18(26)21-2;/h4-7,14,17,25H,3,8-13H2,1-2H3,(H,21,26)(H,22,23);1H. The van der Waals surface area contributed by atoms with Gasteiger partial charge in [-0.05, 0) is 31.7 Å². The summed E-state index contributed by atoms with van der Waals surface area (Å²) in [4.78, 5) is 18.3. The normalized spacial score (nSPS) is 16.4. The van der Waals surface area contributed by atoms with Crippen molar-refractivity contribution in [1.29, 1.82) is 0 Å². The summed E-state index contributed by atoms with van der Waals surface area (Å²) < 4.78 is 0. The van der Waals surface area contributed by atoms with Gasteiger partial charge < -0.3 is 20.6 Å². The van der Waals surface area contributed by atoms with Crippen molar-refractivity contribution in [2.75, 3.05) is 33.2 Å². The first-order valence-electron chi connectivity index (χ1n) is 9.21. The highest BCUT2D eigenvalue weighted by molar-refractivity contribution is 14.0. The van der Waals surface area contributed by atoms with Crippen LogP contribution in [-0.4, -0.2) is 55.1 Å². The predicted molar refractivity (Wildman–Crippen MR) is 121 cm³/mol. The molecule has 1 amide bonds. The number of piperidine rings is 1. The number of hydrogen-bond acceptors (Lipinski definition) is 3. The van der Waals surface area contributed by atoms with Gasteiger partial charge in [-0.2, -0.15) is 0 Å². The summed E-state index contributed by atoms with van der Waals surface area (Å²) >= 11 is 6.15. The van der Waals surface area contributed by atoms with Crippen molar-refractivity contribution in [2.24, 2.45) is 10.9 Å². The summed E-state index contributed by atoms with van der Waals surface area (Å²) in [7, 11) is 1.68. The molecule has 1 atom stereocenters. The third-order valence-electron chi connectivity index (χ3n) is 4.68. The first kappa shape index (κ1) is 24.0. The van der Waals surface area contributed by atoms with Crippen LogP contribution < -0.4 is 10.6 Å². The number of rotatable bonds is 6. The zero-order chi connectivity index (χ0) is 18.9. The van der Waals surface area contributed by atoms with Crippen molar-refractivity contribution in [1.82, 2.24) is 15.5 Å². The number of hydrogen-bond donors (Lipinski definition) is 3. The first-order valence-corrected chi connectivity index (χ1v) is 9.59. The minimum absolute atomic E-state index is 0. The molecule has 8 heteroatoms. The molecule has 6 nitrogen and oxygen atoms in total. The van der Waals surface area contributed by atoms with Crippen molar-refractivity contribution >= 4 is 47.4 Å². The van der Waals surface area contributed by atoms with E-state index in [1.165, 1.54) is 0 Å². The van der Waals surface area contributed by atoms with Gasteiger partial charge in [0, 0.05) is 43.7 Å². The van der Waals surface area contributed by atoms with E-state index >= 15 is 0 Å². The molecular formula is C19H30ClIN4O2. The fourth-order valence-corrected chi connectivity index (χ4v) is 3.42. The summed E-state index contributed by atoms with van der Waals surface area (Å²) in [6.45, 7) is 4.76. The number of nitrogens with one attached hydrogen (secondary N) is 2. The second-order valence-electron chi connectivity index (χ2n) is 6.54. The van der Waals surface area contributed by atoms with Crippen LogP contribution in [0.1, 0.15) is 37.9 Å². The van der Waals surface area contributed by atoms with Crippen LogP contribution in [0.15, 0.2) is 29.3 Å². The summed E-state index contributed by atoms with van der Waals surface area (Å²) in [6.07, 6.45) is 1.78. The lowest BCUT2D eigenvalue weighted by molar-refractivity contribution is -0.121. The molecule has 1 aliphatic heterocycles. The molecule has 0 bridgehead atoms. The highest BCUT2D eigenvalue weighted by Crippen LogP contribution is 2.23. The Morgan fingerprint density at radius 2 is 2.04 bits per heavy atom. The molecule has 1 unspecified atom stereocenters. The van der Waals surface area contributed by atoms with Crippen molar-refractivity contribution in [2.45, 2.75) is 32.3 Å². The molecule has 2 rings (SSSR count). The predicted octanol–water partition coefficient (Wildman–Crippen LogP) is 2.81. The molecule has 0 aliphatic carbocycles. The van der Waals surface area contributed by atoms with E-state index in [0.717, 1.165) is 38.4 Å². The highest BCUT2D eigenvalue weighted by atomic mass is 127. The maximum atomic E-state index is 11.5. The monoisotopic (exact) mass is 508 g/mol. The molecule has 1 aromatic carbocycles. The SMILES string of the molecule is CCNC(=NCC(O)c1ccccc1Cl)N1CCC(CC(=O)NC)CC1.I. The first-order chi connectivity index (χ1) is 12.5. The second kappa shape index (κ2) is 12.4. The molecule has 152 valence electrons. The average Bonchev–Trinajstić information content (AvgIpc) is 2.66. The minimum atomic E-state index is -0.733. The summed E-state index contributed by atoms with van der Waals surface area (Å²) in [5.74, 6) is 1.33. The molecule has 3 N–H and O–H groups in total. The van der Waals surface area contributed by atoms with E-state index < -0.39 is 6.10 Å². The smallest absolute Gasteiger partial charge is 0.220 e. The van der Waals surface area contributed by atoms with Crippen LogP contribution >= 0.6 is 35.6 Å². The van der Waals surface area contributed by atoms with Gasteiger partial charge in [0.05, 0.1) is 6.54 Å². The molecule has 0 radical (unpaired) electrons. The highest BCUT2D eigenvalue weighted by Gasteiger charge is 2.23. The van der Waals surface area contributed by atoms with Crippen molar-refractivity contribution in [3.8, 4) is 0 Å². The fraction of sp³-hybridized carbons (Fsp3) is 0.579. The van der Waals surface area contributed by atoms with E-state index in [1.54, 1.807) is 13.1 Å². The Morgan fingerprint density at radius 3 is 2.63 bits per heavy atom. The Hall–Kier alpha value is -1.06. The van der Waals surface area contributed by atoms with Crippen LogP contribution in [0.25, 0.3) is 0 Å². The van der Waals surface area contributed by atoms with E-state index in [4.69, 9.17) is 11.6 Å². The minimum Gasteiger partial charge on any atom is -0.386 e. The third-order valence-corrected chi connectivity index (χ3v) is 5.02. The van der Waals surface area contributed by atoms with Gasteiger partial charge in [-0.15, -0.1) is 24.0 Å². The van der Waals surface area contributed by atoms with Crippen LogP contribution in [0.4, 0.5) is 0 Å². The third kappa shape index (κ3) is 7.46. The number of aliphatic imine (C=N–C) groups is 1. The van der Waals surface area contributed by atoms with Crippen LogP contribution in [0.5, 0.6) is 0 Å². The quantitative estimate of drug-likeness (QED) is 0.314. The van der Waals surface area contributed by atoms with Gasteiger partial charge in [-0.25, -0.2) is 0 Å². The van der Waals surface area contributed by atoms with Gasteiger partial charge in [0.2, 0.25) is 5.91 Å². The lowest BCUT2D eigenvalue weighted by Crippen LogP contribution is -2.46. The number of carbonyl (C=O) groups excluding carboxylic acids is 1. The van der Waals surface area contributed by atoms with Gasteiger partial charge in [0.25, 0.3) is 0 Å². The number of carbonyl (C=O) groups is 1. The summed E-state index contributed by atoms with van der Waals surface area (Å²) in [5, 5.41) is 16.9. The van der Waals surface area contributed by atoms with Gasteiger partial charge in [-0.1, -0.05) is 29.8 Å². The van der Waals surface area contributed by atoms with Gasteiger partial charge >= 0.3 is 0 Å². The molecule has 1 fully saturated rings. The van der Waals surface area contributed by atoms with Crippen LogP contribution in [-0.2, 0) is 4.79 Å². The summed E-state index contributed by atoms with van der Waals surface area (Å²) in [6, 6.07) is 7.29. The largest absolute Gasteiger partial charge is 0.386 e. The number of aliphatic hydroxyl groups excluding tert-OH is 1. The number of aliphatic hydroxyl groups is 1. The number of nitrogens with zero attached hydrogens (tertiary/aromatic N) is 2. The van der Waals surface area contributed by atoms with E-state index in [1.807, 2.05) is 25.1 Å². The number of halogens is 2. The Kier molecular flexibility index (Phi) is 11.0. The number of benzene rings is 1. The lowest BCUT2D eigenvalue weighted by Gasteiger charge is -2.34. The lowest BCUT2D eigenvalue weighted by atomic mass is 9.93. The average molecular weight is 509 g/mol. The van der Waals surface area contributed by atoms with Gasteiger partial charge in [-0.3, -0.25) is 9.79 Å². The molecule has 1 aliphatic rings. The Balaban J connectivity index is 0.00000364. The van der Waals surface area contributed by atoms with Gasteiger partial charge in [0.15, 0.2) is 5.96 Å². The van der Waals surface area contributed by atoms with Crippen molar-refractivity contribution in [3.05, 3.63) is 34.9 Å². The van der Waals surface area contributed by atoms with E-state index in [2.05, 4.69) is 20.5 Å². The van der Waals surface area contributed by atoms with Crippen molar-refractivity contribution in [3.63, 3.8) is 0 Å². The van der Waals surface area contributed by atoms with E-state index in [9.17, 15) is 9.90 Å². The molecule has 0 aromatic heterocycles. The van der Waals surface area contributed by atoms with Crippen LogP contribution in [0, 0.1) is 5.92 Å². The van der Waals surface area contributed by atoms with E-state index in [-0.39, 0.29) is 36.4 Å². The van der Waals surface area contributed by atoms with Gasteiger partial charge in [0.1, 0.15) is 6.10 Å². The molecule has 0 saturated carbocycles. The maximum absolute atomic E-state index is 11.5. The Bertz CT molecular complexity index is 621. The summed E-state index contributed by atoms with van der Waals surface area (Å²) in [5.41, 5.74) is 0.693.